The van der Waals surface area contributed by atoms with Crippen molar-refractivity contribution < 1.29 is 14.3 Å². The number of hydrogen-bond acceptors (Lipinski definition) is 7. The van der Waals surface area contributed by atoms with Crippen LogP contribution in [0.15, 0.2) is 6.20 Å². The van der Waals surface area contributed by atoms with Crippen LogP contribution in [0, 0.1) is 0 Å². The van der Waals surface area contributed by atoms with E-state index in [0.29, 0.717) is 32.8 Å². The van der Waals surface area contributed by atoms with Gasteiger partial charge in [0.05, 0.1) is 31.6 Å². The number of amides is 1. The van der Waals surface area contributed by atoms with Crippen LogP contribution in [0.1, 0.15) is 0 Å². The van der Waals surface area contributed by atoms with Crippen LogP contribution in [0.4, 0.5) is 11.5 Å². The first kappa shape index (κ1) is 17.7. The van der Waals surface area contributed by atoms with E-state index in [1.54, 1.807) is 20.4 Å². The van der Waals surface area contributed by atoms with Gasteiger partial charge in [0.1, 0.15) is 0 Å². The van der Waals surface area contributed by atoms with E-state index in [2.05, 4.69) is 20.2 Å². The lowest BCUT2D eigenvalue weighted by molar-refractivity contribution is -0.119. The molecule has 1 aliphatic rings. The number of anilines is 2. The second-order valence-electron chi connectivity index (χ2n) is 5.09. The first-order chi connectivity index (χ1) is 11.2. The van der Waals surface area contributed by atoms with Crippen LogP contribution in [0.25, 0.3) is 0 Å². The van der Waals surface area contributed by atoms with Gasteiger partial charge in [-0.15, -0.1) is 0 Å². The predicted octanol–water partition coefficient (Wildman–Crippen LogP) is 0.165. The van der Waals surface area contributed by atoms with Crippen LogP contribution >= 0.6 is 11.6 Å². The van der Waals surface area contributed by atoms with E-state index in [0.717, 1.165) is 18.1 Å². The summed E-state index contributed by atoms with van der Waals surface area (Å²) in [6.45, 7) is 4.00. The third-order valence-electron chi connectivity index (χ3n) is 3.53. The number of ether oxygens (including phenoxy) is 2. The molecule has 2 rings (SSSR count). The highest BCUT2D eigenvalue weighted by Crippen LogP contribution is 2.30. The Hall–Kier alpha value is -1.64. The van der Waals surface area contributed by atoms with E-state index >= 15 is 0 Å². The molecule has 9 heteroatoms. The smallest absolute Gasteiger partial charge is 0.239 e. The Morgan fingerprint density at radius 3 is 2.78 bits per heavy atom. The number of methoxy groups -OCH3 is 2. The van der Waals surface area contributed by atoms with Gasteiger partial charge in [-0.25, -0.2) is 4.98 Å². The summed E-state index contributed by atoms with van der Waals surface area (Å²) >= 11 is 5.92. The number of nitrogens with zero attached hydrogens (tertiary/aromatic N) is 4. The van der Waals surface area contributed by atoms with Crippen molar-refractivity contribution in [3.8, 4) is 0 Å². The summed E-state index contributed by atoms with van der Waals surface area (Å²) in [6, 6.07) is 0. The molecule has 1 N–H and O–H groups in total. The van der Waals surface area contributed by atoms with Crippen molar-refractivity contribution in [1.82, 2.24) is 15.3 Å². The minimum atomic E-state index is -0.0618. The van der Waals surface area contributed by atoms with Gasteiger partial charge in [0, 0.05) is 40.4 Å². The third kappa shape index (κ3) is 4.92. The fraction of sp³-hybridized carbons (Fsp3) is 0.643. The molecule has 128 valence electrons. The average Bonchev–Trinajstić information content (AvgIpc) is 2.54. The number of carbonyl (C=O) groups excluding carboxylic acids is 1. The molecule has 1 aromatic rings. The summed E-state index contributed by atoms with van der Waals surface area (Å²) in [7, 11) is 3.26. The maximum Gasteiger partial charge on any atom is 0.239 e. The molecule has 0 radical (unpaired) electrons. The molecule has 8 nitrogen and oxygen atoms in total. The minimum absolute atomic E-state index is 0.0618. The second kappa shape index (κ2) is 8.85. The van der Waals surface area contributed by atoms with Crippen molar-refractivity contribution in [3.63, 3.8) is 0 Å². The van der Waals surface area contributed by atoms with Crippen molar-refractivity contribution in [2.75, 3.05) is 70.0 Å². The molecule has 0 aromatic carbocycles. The Kier molecular flexibility index (Phi) is 6.82. The fourth-order valence-electron chi connectivity index (χ4n) is 2.37. The van der Waals surface area contributed by atoms with Crippen molar-refractivity contribution in [3.05, 3.63) is 11.5 Å². The van der Waals surface area contributed by atoms with Crippen molar-refractivity contribution in [2.45, 2.75) is 0 Å². The highest BCUT2D eigenvalue weighted by atomic mass is 35.5. The van der Waals surface area contributed by atoms with Crippen molar-refractivity contribution >= 4 is 29.0 Å². The van der Waals surface area contributed by atoms with Crippen LogP contribution < -0.4 is 15.1 Å². The first-order valence-corrected chi connectivity index (χ1v) is 7.80. The number of fused-ring (bicyclic) bond motifs is 1. The van der Waals surface area contributed by atoms with Crippen molar-refractivity contribution in [2.24, 2.45) is 0 Å². The highest BCUT2D eigenvalue weighted by Gasteiger charge is 2.26. The van der Waals surface area contributed by atoms with E-state index in [-0.39, 0.29) is 17.7 Å². The zero-order valence-corrected chi connectivity index (χ0v) is 14.2. The van der Waals surface area contributed by atoms with E-state index in [4.69, 9.17) is 21.1 Å². The Bertz CT molecular complexity index is 531. The van der Waals surface area contributed by atoms with Gasteiger partial charge in [-0.1, -0.05) is 0 Å². The molecule has 0 aliphatic carbocycles. The number of carbonyl (C=O) groups is 1. The topological polar surface area (TPSA) is 79.8 Å². The largest absolute Gasteiger partial charge is 0.383 e. The van der Waals surface area contributed by atoms with Gasteiger partial charge in [-0.3, -0.25) is 4.79 Å². The quantitative estimate of drug-likeness (QED) is 0.532. The Morgan fingerprint density at radius 2 is 2.04 bits per heavy atom. The number of rotatable bonds is 8. The summed E-state index contributed by atoms with van der Waals surface area (Å²) in [5, 5.41) is 3.00. The molecule has 2 heterocycles. The Labute approximate surface area is 140 Å². The SMILES string of the molecule is COCCNC(=O)CN1CCN(CCOC)c2nc(Cl)ncc21. The maximum atomic E-state index is 12.0. The lowest BCUT2D eigenvalue weighted by atomic mass is 10.2. The predicted molar refractivity (Wildman–Crippen MR) is 88.2 cm³/mol. The summed E-state index contributed by atoms with van der Waals surface area (Å²) in [6.07, 6.45) is 1.66. The summed E-state index contributed by atoms with van der Waals surface area (Å²) in [5.41, 5.74) is 0.804. The molecule has 0 atom stereocenters. The Balaban J connectivity index is 2.06. The maximum absolute atomic E-state index is 12.0. The van der Waals surface area contributed by atoms with Crippen LogP contribution in [0.3, 0.4) is 0 Å². The molecule has 0 saturated carbocycles. The molecule has 0 bridgehead atoms. The van der Waals surface area contributed by atoms with Crippen LogP contribution in [-0.2, 0) is 14.3 Å². The molecule has 0 unspecified atom stereocenters. The summed E-state index contributed by atoms with van der Waals surface area (Å²) in [5.74, 6) is 0.672. The Morgan fingerprint density at radius 1 is 1.30 bits per heavy atom. The van der Waals surface area contributed by atoms with Gasteiger partial charge in [0.15, 0.2) is 5.82 Å². The normalized spacial score (nSPS) is 13.9. The van der Waals surface area contributed by atoms with Gasteiger partial charge in [-0.05, 0) is 11.6 Å². The summed E-state index contributed by atoms with van der Waals surface area (Å²) in [4.78, 5) is 24.4. The van der Waals surface area contributed by atoms with Crippen LogP contribution in [0.5, 0.6) is 0 Å². The number of aromatic nitrogens is 2. The molecule has 1 aliphatic heterocycles. The molecule has 1 amide bonds. The standard InChI is InChI=1S/C14H22ClN5O3/c1-22-7-3-16-12(21)10-20-5-4-19(6-8-23-2)13-11(20)9-17-14(15)18-13/h9H,3-8,10H2,1-2H3,(H,16,21). The molecular weight excluding hydrogens is 322 g/mol. The average molecular weight is 344 g/mol. The minimum Gasteiger partial charge on any atom is -0.383 e. The molecule has 23 heavy (non-hydrogen) atoms. The van der Waals surface area contributed by atoms with E-state index in [1.807, 2.05) is 4.90 Å². The van der Waals surface area contributed by atoms with Gasteiger partial charge in [0.25, 0.3) is 0 Å². The van der Waals surface area contributed by atoms with E-state index in [9.17, 15) is 4.79 Å². The molecule has 0 fully saturated rings. The van der Waals surface area contributed by atoms with Crippen molar-refractivity contribution in [1.29, 1.82) is 0 Å². The molecule has 0 saturated heterocycles. The molecule has 1 aromatic heterocycles. The lowest BCUT2D eigenvalue weighted by Crippen LogP contribution is -2.47. The monoisotopic (exact) mass is 343 g/mol. The van der Waals surface area contributed by atoms with Gasteiger partial charge in [0.2, 0.25) is 11.2 Å². The highest BCUT2D eigenvalue weighted by molar-refractivity contribution is 6.28. The second-order valence-corrected chi connectivity index (χ2v) is 5.43. The summed E-state index contributed by atoms with van der Waals surface area (Å²) < 4.78 is 10.1. The zero-order valence-electron chi connectivity index (χ0n) is 13.4. The van der Waals surface area contributed by atoms with Crippen LogP contribution in [0.2, 0.25) is 5.28 Å². The number of nitrogens with one attached hydrogen (secondary N) is 1. The lowest BCUT2D eigenvalue weighted by Gasteiger charge is -2.37. The van der Waals surface area contributed by atoms with E-state index in [1.165, 1.54) is 0 Å². The third-order valence-corrected chi connectivity index (χ3v) is 3.71. The fourth-order valence-corrected chi connectivity index (χ4v) is 2.50. The van der Waals surface area contributed by atoms with Gasteiger partial charge < -0.3 is 24.6 Å². The first-order valence-electron chi connectivity index (χ1n) is 7.42. The van der Waals surface area contributed by atoms with E-state index < -0.39 is 0 Å². The number of hydrogen-bond donors (Lipinski definition) is 1. The van der Waals surface area contributed by atoms with Gasteiger partial charge >= 0.3 is 0 Å². The number of halogens is 1. The van der Waals surface area contributed by atoms with Gasteiger partial charge in [-0.2, -0.15) is 4.98 Å². The molecular formula is C14H22ClN5O3. The molecule has 0 spiro atoms. The van der Waals surface area contributed by atoms with Crippen LogP contribution in [-0.4, -0.2) is 76.0 Å². The zero-order chi connectivity index (χ0) is 16.7.